The lowest BCUT2D eigenvalue weighted by molar-refractivity contribution is -0.137. The maximum Gasteiger partial charge on any atom is 0.416 e. The molecule has 8 heteroatoms. The van der Waals surface area contributed by atoms with E-state index < -0.39 is 11.7 Å². The molecule has 0 spiro atoms. The van der Waals surface area contributed by atoms with E-state index in [-0.39, 0.29) is 10.7 Å². The maximum atomic E-state index is 12.7. The highest BCUT2D eigenvalue weighted by Gasteiger charge is 2.31. The molecule has 2 N–H and O–H groups in total. The molecule has 1 aromatic heterocycles. The fourth-order valence-corrected chi connectivity index (χ4v) is 1.76. The fourth-order valence-electron chi connectivity index (χ4n) is 1.52. The second-order valence-corrected chi connectivity index (χ2v) is 4.33. The van der Waals surface area contributed by atoms with Gasteiger partial charge in [-0.2, -0.15) is 13.2 Å². The number of rotatable bonds is 3. The first kappa shape index (κ1) is 14.4. The quantitative estimate of drug-likeness (QED) is 0.902. The van der Waals surface area contributed by atoms with Gasteiger partial charge >= 0.3 is 6.18 Å². The molecule has 1 aromatic carbocycles. The summed E-state index contributed by atoms with van der Waals surface area (Å²) in [5.74, 6) is 0.806. The van der Waals surface area contributed by atoms with E-state index in [1.165, 1.54) is 18.5 Å². The SMILES string of the molecule is CNc1cncc(Nc2cc(Cl)cc(C(F)(F)F)c2)n1. The summed E-state index contributed by atoms with van der Waals surface area (Å²) in [6, 6.07) is 3.20. The van der Waals surface area contributed by atoms with Crippen LogP contribution in [0.3, 0.4) is 0 Å². The van der Waals surface area contributed by atoms with E-state index in [2.05, 4.69) is 20.6 Å². The van der Waals surface area contributed by atoms with Gasteiger partial charge in [-0.1, -0.05) is 11.6 Å². The number of aromatic nitrogens is 2. The van der Waals surface area contributed by atoms with Gasteiger partial charge in [0.25, 0.3) is 0 Å². The van der Waals surface area contributed by atoms with Crippen molar-refractivity contribution in [2.24, 2.45) is 0 Å². The van der Waals surface area contributed by atoms with Crippen LogP contribution in [0.2, 0.25) is 5.02 Å². The molecule has 0 bridgehead atoms. The van der Waals surface area contributed by atoms with Crippen molar-refractivity contribution < 1.29 is 13.2 Å². The van der Waals surface area contributed by atoms with Crippen molar-refractivity contribution in [3.63, 3.8) is 0 Å². The molecule has 0 radical (unpaired) electrons. The van der Waals surface area contributed by atoms with Gasteiger partial charge in [-0.25, -0.2) is 4.98 Å². The highest BCUT2D eigenvalue weighted by atomic mass is 35.5. The van der Waals surface area contributed by atoms with E-state index in [9.17, 15) is 13.2 Å². The van der Waals surface area contributed by atoms with Gasteiger partial charge in [-0.15, -0.1) is 0 Å². The highest BCUT2D eigenvalue weighted by Crippen LogP contribution is 2.33. The predicted octanol–water partition coefficient (Wildman–Crippen LogP) is 3.93. The molecule has 0 saturated heterocycles. The van der Waals surface area contributed by atoms with Crippen LogP contribution in [0, 0.1) is 0 Å². The molecule has 2 aromatic rings. The van der Waals surface area contributed by atoms with E-state index in [0.29, 0.717) is 11.6 Å². The Morgan fingerprint density at radius 3 is 2.45 bits per heavy atom. The molecule has 0 aliphatic carbocycles. The Balaban J connectivity index is 2.31. The van der Waals surface area contributed by atoms with Crippen LogP contribution in [0.15, 0.2) is 30.6 Å². The molecule has 0 aliphatic rings. The summed E-state index contributed by atoms with van der Waals surface area (Å²) >= 11 is 5.69. The van der Waals surface area contributed by atoms with Crippen LogP contribution in [0.5, 0.6) is 0 Å². The Morgan fingerprint density at radius 2 is 1.80 bits per heavy atom. The van der Waals surface area contributed by atoms with Gasteiger partial charge in [0.05, 0.1) is 18.0 Å². The number of anilines is 3. The molecule has 0 aliphatic heterocycles. The zero-order chi connectivity index (χ0) is 14.8. The molecule has 0 amide bonds. The van der Waals surface area contributed by atoms with Crippen LogP contribution in [0.4, 0.5) is 30.5 Å². The summed E-state index contributed by atoms with van der Waals surface area (Å²) in [6.07, 6.45) is -1.57. The average Bonchev–Trinajstić information content (AvgIpc) is 2.37. The van der Waals surface area contributed by atoms with Gasteiger partial charge in [-0.05, 0) is 18.2 Å². The number of hydrogen-bond donors (Lipinski definition) is 2. The first-order chi connectivity index (χ1) is 9.38. The molecule has 0 unspecified atom stereocenters. The molecular weight excluding hydrogens is 293 g/mol. The summed E-state index contributed by atoms with van der Waals surface area (Å²) < 4.78 is 38.0. The lowest BCUT2D eigenvalue weighted by atomic mass is 10.2. The number of benzene rings is 1. The molecule has 106 valence electrons. The van der Waals surface area contributed by atoms with Crippen LogP contribution < -0.4 is 10.6 Å². The number of hydrogen-bond acceptors (Lipinski definition) is 4. The third kappa shape index (κ3) is 3.51. The van der Waals surface area contributed by atoms with Crippen molar-refractivity contribution in [2.45, 2.75) is 6.18 Å². The minimum Gasteiger partial charge on any atom is -0.372 e. The Hall–Kier alpha value is -2.02. The van der Waals surface area contributed by atoms with Crippen molar-refractivity contribution >= 4 is 28.9 Å². The van der Waals surface area contributed by atoms with E-state index in [1.54, 1.807) is 7.05 Å². The van der Waals surface area contributed by atoms with Crippen LogP contribution >= 0.6 is 11.6 Å². The zero-order valence-corrected chi connectivity index (χ0v) is 11.0. The van der Waals surface area contributed by atoms with Crippen molar-refractivity contribution in [2.75, 3.05) is 17.7 Å². The summed E-state index contributed by atoms with van der Waals surface area (Å²) in [5.41, 5.74) is -0.641. The van der Waals surface area contributed by atoms with E-state index in [0.717, 1.165) is 12.1 Å². The van der Waals surface area contributed by atoms with Crippen LogP contribution in [0.1, 0.15) is 5.56 Å². The van der Waals surface area contributed by atoms with E-state index in [4.69, 9.17) is 11.6 Å². The molecule has 1 heterocycles. The predicted molar refractivity (Wildman–Crippen MR) is 71.3 cm³/mol. The monoisotopic (exact) mass is 302 g/mol. The van der Waals surface area contributed by atoms with Crippen molar-refractivity contribution in [1.29, 1.82) is 0 Å². The van der Waals surface area contributed by atoms with Gasteiger partial charge < -0.3 is 10.6 Å². The van der Waals surface area contributed by atoms with Crippen LogP contribution in [-0.2, 0) is 6.18 Å². The number of alkyl halides is 3. The summed E-state index contributed by atoms with van der Waals surface area (Å²) in [6.45, 7) is 0. The first-order valence-electron chi connectivity index (χ1n) is 5.53. The Morgan fingerprint density at radius 1 is 1.10 bits per heavy atom. The van der Waals surface area contributed by atoms with Gasteiger partial charge in [0.2, 0.25) is 0 Å². The van der Waals surface area contributed by atoms with Crippen LogP contribution in [-0.4, -0.2) is 17.0 Å². The largest absolute Gasteiger partial charge is 0.416 e. The molecule has 0 fully saturated rings. The van der Waals surface area contributed by atoms with Crippen molar-refractivity contribution in [3.05, 3.63) is 41.2 Å². The van der Waals surface area contributed by atoms with Crippen molar-refractivity contribution in [1.82, 2.24) is 9.97 Å². The summed E-state index contributed by atoms with van der Waals surface area (Å²) in [7, 11) is 1.66. The minimum absolute atomic E-state index is 0.0138. The number of nitrogens with one attached hydrogen (secondary N) is 2. The summed E-state index contributed by atoms with van der Waals surface area (Å²) in [4.78, 5) is 8.00. The van der Waals surface area contributed by atoms with Gasteiger partial charge in [0.15, 0.2) is 5.82 Å². The zero-order valence-electron chi connectivity index (χ0n) is 10.3. The Bertz CT molecular complexity index is 616. The van der Waals surface area contributed by atoms with E-state index in [1.807, 2.05) is 0 Å². The normalized spacial score (nSPS) is 11.2. The fraction of sp³-hybridized carbons (Fsp3) is 0.167. The lowest BCUT2D eigenvalue weighted by Gasteiger charge is -2.11. The molecule has 2 rings (SSSR count). The van der Waals surface area contributed by atoms with Gasteiger partial charge in [-0.3, -0.25) is 4.98 Å². The molecule has 20 heavy (non-hydrogen) atoms. The minimum atomic E-state index is -4.46. The lowest BCUT2D eigenvalue weighted by Crippen LogP contribution is -2.06. The maximum absolute atomic E-state index is 12.7. The topological polar surface area (TPSA) is 49.8 Å². The summed E-state index contributed by atoms with van der Waals surface area (Å²) in [5, 5.41) is 5.50. The van der Waals surface area contributed by atoms with Gasteiger partial charge in [0.1, 0.15) is 5.82 Å². The molecule has 4 nitrogen and oxygen atoms in total. The van der Waals surface area contributed by atoms with Gasteiger partial charge in [0, 0.05) is 17.8 Å². The Labute approximate surface area is 118 Å². The first-order valence-corrected chi connectivity index (χ1v) is 5.91. The second kappa shape index (κ2) is 5.54. The number of nitrogens with zero attached hydrogens (tertiary/aromatic N) is 2. The second-order valence-electron chi connectivity index (χ2n) is 3.89. The third-order valence-electron chi connectivity index (χ3n) is 2.39. The number of halogens is 4. The van der Waals surface area contributed by atoms with E-state index >= 15 is 0 Å². The third-order valence-corrected chi connectivity index (χ3v) is 2.61. The van der Waals surface area contributed by atoms with Crippen LogP contribution in [0.25, 0.3) is 0 Å². The molecule has 0 atom stereocenters. The molecular formula is C12H10ClF3N4. The van der Waals surface area contributed by atoms with Crippen molar-refractivity contribution in [3.8, 4) is 0 Å². The smallest absolute Gasteiger partial charge is 0.372 e. The molecule has 0 saturated carbocycles. The standard InChI is InChI=1S/C12H10ClF3N4/c1-17-10-5-18-6-11(20-10)19-9-3-7(12(14,15)16)2-8(13)4-9/h2-6H,1H3,(H2,17,19,20). The highest BCUT2D eigenvalue weighted by molar-refractivity contribution is 6.31. The Kier molecular flexibility index (Phi) is 3.99. The average molecular weight is 303 g/mol.